The predicted molar refractivity (Wildman–Crippen MR) is 103 cm³/mol. The van der Waals surface area contributed by atoms with E-state index in [2.05, 4.69) is 49.2 Å². The fourth-order valence-electron chi connectivity index (χ4n) is 3.29. The maximum atomic E-state index is 10.2. The third-order valence-corrected chi connectivity index (χ3v) is 5.09. The van der Waals surface area contributed by atoms with Gasteiger partial charge in [0.05, 0.1) is 12.6 Å². The van der Waals surface area contributed by atoms with Gasteiger partial charge in [0.25, 0.3) is 0 Å². The van der Waals surface area contributed by atoms with Crippen LogP contribution in [0.4, 0.5) is 0 Å². The van der Waals surface area contributed by atoms with Gasteiger partial charge in [0.1, 0.15) is 5.75 Å². The van der Waals surface area contributed by atoms with E-state index in [0.717, 1.165) is 42.4 Å². The molecule has 4 aliphatic rings. The molecule has 4 aliphatic carbocycles. The monoisotopic (exact) mass is 337 g/mol. The summed E-state index contributed by atoms with van der Waals surface area (Å²) < 4.78 is 0. The normalized spacial score (nSPS) is 15.5. The van der Waals surface area contributed by atoms with E-state index in [1.54, 1.807) is 0 Å². The fraction of sp³-hybridized carbons (Fsp3) is 0.409. The van der Waals surface area contributed by atoms with E-state index in [9.17, 15) is 10.2 Å². The highest BCUT2D eigenvalue weighted by atomic mass is 16.3. The van der Waals surface area contributed by atoms with Crippen molar-refractivity contribution in [3.8, 4) is 5.75 Å². The lowest BCUT2D eigenvalue weighted by Gasteiger charge is -2.15. The molecule has 0 unspecified atom stereocenters. The molecule has 0 heterocycles. The SMILES string of the molecule is CC(C)[C@@H](CO)N=Cc1cc2ccc1CCc1ccc(c(O)c1)CC2. The highest BCUT2D eigenvalue weighted by molar-refractivity contribution is 5.82. The van der Waals surface area contributed by atoms with Gasteiger partial charge >= 0.3 is 0 Å². The Balaban J connectivity index is 1.91. The van der Waals surface area contributed by atoms with Crippen molar-refractivity contribution in [3.63, 3.8) is 0 Å². The van der Waals surface area contributed by atoms with E-state index in [1.165, 1.54) is 11.1 Å². The molecule has 25 heavy (non-hydrogen) atoms. The molecule has 0 fully saturated rings. The van der Waals surface area contributed by atoms with Crippen LogP contribution in [0.1, 0.15) is 41.7 Å². The van der Waals surface area contributed by atoms with Crippen LogP contribution in [0.2, 0.25) is 0 Å². The van der Waals surface area contributed by atoms with Gasteiger partial charge in [-0.25, -0.2) is 0 Å². The van der Waals surface area contributed by atoms with Crippen LogP contribution < -0.4 is 0 Å². The van der Waals surface area contributed by atoms with Crippen LogP contribution in [0.25, 0.3) is 0 Å². The van der Waals surface area contributed by atoms with Crippen LogP contribution in [-0.4, -0.2) is 29.1 Å². The molecule has 132 valence electrons. The van der Waals surface area contributed by atoms with Crippen LogP contribution in [0.15, 0.2) is 41.4 Å². The summed E-state index contributed by atoms with van der Waals surface area (Å²) in [6.45, 7) is 4.24. The number of aryl methyl sites for hydroxylation is 4. The molecule has 0 saturated carbocycles. The number of aliphatic imine (C=N–C) groups is 1. The second-order valence-corrected chi connectivity index (χ2v) is 7.27. The summed E-state index contributed by atoms with van der Waals surface area (Å²) in [5, 5.41) is 19.7. The van der Waals surface area contributed by atoms with Gasteiger partial charge in [0, 0.05) is 6.21 Å². The number of hydrogen-bond acceptors (Lipinski definition) is 3. The zero-order valence-electron chi connectivity index (χ0n) is 15.1. The molecule has 6 rings (SSSR count). The molecule has 3 nitrogen and oxygen atoms in total. The topological polar surface area (TPSA) is 52.8 Å². The minimum atomic E-state index is -0.0563. The van der Waals surface area contributed by atoms with Gasteiger partial charge in [-0.15, -0.1) is 0 Å². The summed E-state index contributed by atoms with van der Waals surface area (Å²) in [6, 6.07) is 12.6. The van der Waals surface area contributed by atoms with Gasteiger partial charge in [0.2, 0.25) is 0 Å². The average molecular weight is 337 g/mol. The lowest BCUT2D eigenvalue weighted by atomic mass is 9.93. The first-order valence-electron chi connectivity index (χ1n) is 9.13. The van der Waals surface area contributed by atoms with Crippen molar-refractivity contribution in [2.45, 2.75) is 45.6 Å². The minimum absolute atomic E-state index is 0.0563. The van der Waals surface area contributed by atoms with Gasteiger partial charge in [0.15, 0.2) is 0 Å². The minimum Gasteiger partial charge on any atom is -0.508 e. The van der Waals surface area contributed by atoms with Crippen LogP contribution in [0.5, 0.6) is 5.75 Å². The van der Waals surface area contributed by atoms with Crippen LogP contribution in [0, 0.1) is 5.92 Å². The van der Waals surface area contributed by atoms with Gasteiger partial charge in [-0.2, -0.15) is 0 Å². The Kier molecular flexibility index (Phi) is 5.54. The van der Waals surface area contributed by atoms with Crippen LogP contribution in [-0.2, 0) is 25.7 Å². The number of aliphatic hydroxyl groups is 1. The molecule has 0 saturated heterocycles. The number of aliphatic hydroxyl groups excluding tert-OH is 1. The molecule has 0 radical (unpaired) electrons. The van der Waals surface area contributed by atoms with E-state index >= 15 is 0 Å². The first-order valence-corrected chi connectivity index (χ1v) is 9.13. The summed E-state index contributed by atoms with van der Waals surface area (Å²) in [5.41, 5.74) is 5.82. The van der Waals surface area contributed by atoms with E-state index < -0.39 is 0 Å². The number of phenols is 1. The Morgan fingerprint density at radius 1 is 0.960 bits per heavy atom. The molecular formula is C22H27NO2. The maximum Gasteiger partial charge on any atom is 0.119 e. The molecule has 0 aliphatic heterocycles. The van der Waals surface area contributed by atoms with Crippen molar-refractivity contribution in [2.75, 3.05) is 6.61 Å². The number of nitrogens with zero attached hydrogens (tertiary/aromatic N) is 1. The third-order valence-electron chi connectivity index (χ3n) is 5.09. The maximum absolute atomic E-state index is 10.2. The first kappa shape index (κ1) is 17.7. The second kappa shape index (κ2) is 7.83. The van der Waals surface area contributed by atoms with E-state index in [4.69, 9.17) is 0 Å². The van der Waals surface area contributed by atoms with Crippen molar-refractivity contribution in [1.29, 1.82) is 0 Å². The van der Waals surface area contributed by atoms with E-state index in [0.29, 0.717) is 11.7 Å². The van der Waals surface area contributed by atoms with Crippen LogP contribution in [0.3, 0.4) is 0 Å². The van der Waals surface area contributed by atoms with Crippen molar-refractivity contribution < 1.29 is 10.2 Å². The van der Waals surface area contributed by atoms with Gasteiger partial charge < -0.3 is 10.2 Å². The van der Waals surface area contributed by atoms with Gasteiger partial charge in [-0.05, 0) is 71.6 Å². The Bertz CT molecular complexity index is 765. The predicted octanol–water partition coefficient (Wildman–Crippen LogP) is 3.71. The molecule has 0 spiro atoms. The molecule has 1 atom stereocenters. The molecule has 4 bridgehead atoms. The lowest BCUT2D eigenvalue weighted by Crippen LogP contribution is -2.18. The highest BCUT2D eigenvalue weighted by Crippen LogP contribution is 2.24. The molecule has 0 amide bonds. The smallest absolute Gasteiger partial charge is 0.119 e. The molecular weight excluding hydrogens is 310 g/mol. The average Bonchev–Trinajstić information content (AvgIpc) is 2.58. The van der Waals surface area contributed by atoms with Gasteiger partial charge in [-0.3, -0.25) is 4.99 Å². The summed E-state index contributed by atoms with van der Waals surface area (Å²) in [7, 11) is 0. The summed E-state index contributed by atoms with van der Waals surface area (Å²) in [6.07, 6.45) is 5.45. The highest BCUT2D eigenvalue weighted by Gasteiger charge is 2.12. The largest absolute Gasteiger partial charge is 0.508 e. The molecule has 2 aromatic rings. The second-order valence-electron chi connectivity index (χ2n) is 7.27. The number of phenolic OH excluding ortho intramolecular Hbond substituents is 1. The quantitative estimate of drug-likeness (QED) is 0.836. The number of benzene rings is 2. The number of hydrogen-bond donors (Lipinski definition) is 2. The van der Waals surface area contributed by atoms with Crippen molar-refractivity contribution in [3.05, 3.63) is 64.2 Å². The molecule has 2 aromatic carbocycles. The summed E-state index contributed by atoms with van der Waals surface area (Å²) in [5.74, 6) is 0.733. The standard InChI is InChI=1S/C22H27NO2/c1-15(2)21(14-24)23-13-20-11-16-3-7-18(20)8-4-17-6-10-19(9-5-16)22(25)12-17/h3,6-7,10-13,15,21,24-25H,4-5,8-9,14H2,1-2H3/t21-/m1/s1. The zero-order chi connectivity index (χ0) is 17.8. The Morgan fingerprint density at radius 3 is 2.24 bits per heavy atom. The molecule has 0 aromatic heterocycles. The first-order chi connectivity index (χ1) is 12.1. The third kappa shape index (κ3) is 4.29. The van der Waals surface area contributed by atoms with Crippen LogP contribution >= 0.6 is 0 Å². The number of rotatable bonds is 4. The molecule has 3 heteroatoms. The van der Waals surface area contributed by atoms with Gasteiger partial charge in [-0.1, -0.05) is 38.1 Å². The Labute approximate surface area is 150 Å². The van der Waals surface area contributed by atoms with E-state index in [-0.39, 0.29) is 12.6 Å². The molecule has 2 N–H and O–H groups in total. The summed E-state index contributed by atoms with van der Waals surface area (Å²) >= 11 is 0. The summed E-state index contributed by atoms with van der Waals surface area (Å²) in [4.78, 5) is 4.62. The zero-order valence-corrected chi connectivity index (χ0v) is 15.1. The van der Waals surface area contributed by atoms with Crippen molar-refractivity contribution in [1.82, 2.24) is 0 Å². The number of aromatic hydroxyl groups is 1. The fourth-order valence-corrected chi connectivity index (χ4v) is 3.29. The Morgan fingerprint density at radius 2 is 1.60 bits per heavy atom. The van der Waals surface area contributed by atoms with Crippen molar-refractivity contribution >= 4 is 6.21 Å². The van der Waals surface area contributed by atoms with E-state index in [1.807, 2.05) is 12.3 Å². The van der Waals surface area contributed by atoms with Crippen molar-refractivity contribution in [2.24, 2.45) is 10.9 Å². The Hall–Kier alpha value is -2.13. The lowest BCUT2D eigenvalue weighted by molar-refractivity contribution is 0.240.